The molecule has 142 valence electrons. The van der Waals surface area contributed by atoms with E-state index >= 15 is 0 Å². The van der Waals surface area contributed by atoms with Crippen LogP contribution in [0.2, 0.25) is 0 Å². The first-order chi connectivity index (χ1) is 13.1. The van der Waals surface area contributed by atoms with E-state index in [9.17, 15) is 9.59 Å². The number of nitrogens with zero attached hydrogens (tertiary/aromatic N) is 1. The fourth-order valence-electron chi connectivity index (χ4n) is 3.21. The van der Waals surface area contributed by atoms with Gasteiger partial charge in [-0.3, -0.25) is 9.59 Å². The van der Waals surface area contributed by atoms with E-state index in [0.717, 1.165) is 31.5 Å². The van der Waals surface area contributed by atoms with Crippen LogP contribution in [0.5, 0.6) is 5.75 Å². The summed E-state index contributed by atoms with van der Waals surface area (Å²) in [6, 6.07) is 15.3. The summed E-state index contributed by atoms with van der Waals surface area (Å²) in [6.07, 6.45) is 2.50. The zero-order chi connectivity index (χ0) is 19.1. The van der Waals surface area contributed by atoms with E-state index in [1.807, 2.05) is 36.1 Å². The van der Waals surface area contributed by atoms with Crippen LogP contribution in [0.25, 0.3) is 0 Å². The average molecular weight is 366 g/mol. The molecule has 0 atom stereocenters. The first kappa shape index (κ1) is 19.0. The molecular weight excluding hydrogens is 340 g/mol. The minimum absolute atomic E-state index is 0.114. The van der Waals surface area contributed by atoms with E-state index in [4.69, 9.17) is 4.74 Å². The van der Waals surface area contributed by atoms with Gasteiger partial charge in [0.2, 0.25) is 5.91 Å². The Morgan fingerprint density at radius 3 is 2.63 bits per heavy atom. The Morgan fingerprint density at radius 1 is 1.07 bits per heavy atom. The van der Waals surface area contributed by atoms with E-state index in [1.54, 1.807) is 18.2 Å². The molecule has 1 aliphatic heterocycles. The summed E-state index contributed by atoms with van der Waals surface area (Å²) >= 11 is 0. The van der Waals surface area contributed by atoms with Gasteiger partial charge in [0.25, 0.3) is 5.91 Å². The molecule has 1 N–H and O–H groups in total. The topological polar surface area (TPSA) is 58.6 Å². The second-order valence-electron chi connectivity index (χ2n) is 6.90. The van der Waals surface area contributed by atoms with Gasteiger partial charge in [-0.1, -0.05) is 35.9 Å². The van der Waals surface area contributed by atoms with Gasteiger partial charge in [-0.15, -0.1) is 0 Å². The molecule has 2 aromatic rings. The van der Waals surface area contributed by atoms with Gasteiger partial charge in [-0.05, 0) is 43.5 Å². The molecule has 0 saturated carbocycles. The lowest BCUT2D eigenvalue weighted by Gasteiger charge is -2.15. The molecule has 0 unspecified atom stereocenters. The van der Waals surface area contributed by atoms with Crippen LogP contribution in [0, 0.1) is 6.92 Å². The van der Waals surface area contributed by atoms with Crippen molar-refractivity contribution in [3.63, 3.8) is 0 Å². The normalized spacial score (nSPS) is 13.4. The van der Waals surface area contributed by atoms with Crippen molar-refractivity contribution in [2.24, 2.45) is 0 Å². The second-order valence-corrected chi connectivity index (χ2v) is 6.90. The van der Waals surface area contributed by atoms with E-state index < -0.39 is 0 Å². The minimum Gasteiger partial charge on any atom is -0.489 e. The van der Waals surface area contributed by atoms with Crippen LogP contribution in [0.15, 0.2) is 48.5 Å². The van der Waals surface area contributed by atoms with Gasteiger partial charge in [0.05, 0.1) is 0 Å². The summed E-state index contributed by atoms with van der Waals surface area (Å²) in [5, 5.41) is 2.82. The molecule has 5 nitrogen and oxygen atoms in total. The summed E-state index contributed by atoms with van der Waals surface area (Å²) in [6.45, 7) is 4.53. The van der Waals surface area contributed by atoms with Gasteiger partial charge in [0.15, 0.2) is 0 Å². The number of hydrogen-bond donors (Lipinski definition) is 1. The fourth-order valence-corrected chi connectivity index (χ4v) is 3.21. The van der Waals surface area contributed by atoms with Gasteiger partial charge in [0.1, 0.15) is 12.4 Å². The lowest BCUT2D eigenvalue weighted by Crippen LogP contribution is -2.32. The number of carbonyl (C=O) groups excluding carboxylic acids is 2. The van der Waals surface area contributed by atoms with Crippen molar-refractivity contribution < 1.29 is 14.3 Å². The largest absolute Gasteiger partial charge is 0.489 e. The summed E-state index contributed by atoms with van der Waals surface area (Å²) in [7, 11) is 0. The van der Waals surface area contributed by atoms with E-state index in [2.05, 4.69) is 11.4 Å². The molecule has 0 radical (unpaired) electrons. The molecule has 0 spiro atoms. The van der Waals surface area contributed by atoms with Crippen LogP contribution in [-0.2, 0) is 11.4 Å². The maximum Gasteiger partial charge on any atom is 0.251 e. The first-order valence-corrected chi connectivity index (χ1v) is 9.46. The highest BCUT2D eigenvalue weighted by atomic mass is 16.5. The molecule has 1 saturated heterocycles. The van der Waals surface area contributed by atoms with E-state index in [0.29, 0.717) is 30.9 Å². The van der Waals surface area contributed by atoms with Crippen molar-refractivity contribution in [3.05, 3.63) is 65.2 Å². The predicted octanol–water partition coefficient (Wildman–Crippen LogP) is 3.32. The quantitative estimate of drug-likeness (QED) is 0.818. The molecule has 0 aromatic heterocycles. The Kier molecular flexibility index (Phi) is 6.47. The molecule has 1 fully saturated rings. The number of amides is 2. The average Bonchev–Trinajstić information content (AvgIpc) is 3.21. The van der Waals surface area contributed by atoms with Crippen molar-refractivity contribution in [2.45, 2.75) is 32.8 Å². The highest BCUT2D eigenvalue weighted by Crippen LogP contribution is 2.16. The third-order valence-corrected chi connectivity index (χ3v) is 4.67. The number of aryl methyl sites for hydroxylation is 1. The highest BCUT2D eigenvalue weighted by Gasteiger charge is 2.17. The van der Waals surface area contributed by atoms with Gasteiger partial charge >= 0.3 is 0 Å². The summed E-state index contributed by atoms with van der Waals surface area (Å²) in [5.41, 5.74) is 2.81. The van der Waals surface area contributed by atoms with Crippen LogP contribution in [0.3, 0.4) is 0 Å². The summed E-state index contributed by atoms with van der Waals surface area (Å²) < 4.78 is 5.81. The fraction of sp³-hybridized carbons (Fsp3) is 0.364. The standard InChI is InChI=1S/C22H26N2O3/c1-17-6-4-7-18(14-17)16-27-20-9-5-8-19(15-20)22(26)23-11-10-21(25)24-12-2-3-13-24/h4-9,14-15H,2-3,10-13,16H2,1H3,(H,23,26). The lowest BCUT2D eigenvalue weighted by atomic mass is 10.1. The third kappa shape index (κ3) is 5.58. The molecule has 2 aromatic carbocycles. The Morgan fingerprint density at radius 2 is 1.85 bits per heavy atom. The number of hydrogen-bond acceptors (Lipinski definition) is 3. The van der Waals surface area contributed by atoms with E-state index in [-0.39, 0.29) is 11.8 Å². The predicted molar refractivity (Wildman–Crippen MR) is 105 cm³/mol. The molecule has 5 heteroatoms. The van der Waals surface area contributed by atoms with Crippen LogP contribution in [-0.4, -0.2) is 36.3 Å². The molecular formula is C22H26N2O3. The zero-order valence-electron chi connectivity index (χ0n) is 15.7. The van der Waals surface area contributed by atoms with Gasteiger partial charge in [-0.2, -0.15) is 0 Å². The molecule has 3 rings (SSSR count). The minimum atomic E-state index is -0.190. The maximum absolute atomic E-state index is 12.3. The Labute approximate surface area is 160 Å². The molecule has 2 amide bonds. The zero-order valence-corrected chi connectivity index (χ0v) is 15.7. The number of likely N-dealkylation sites (tertiary alicyclic amines) is 1. The van der Waals surface area contributed by atoms with Crippen LogP contribution >= 0.6 is 0 Å². The highest BCUT2D eigenvalue weighted by molar-refractivity contribution is 5.94. The molecule has 0 bridgehead atoms. The number of ether oxygens (including phenoxy) is 1. The molecule has 0 aliphatic carbocycles. The molecule has 1 aliphatic rings. The number of nitrogens with one attached hydrogen (secondary N) is 1. The third-order valence-electron chi connectivity index (χ3n) is 4.67. The SMILES string of the molecule is Cc1cccc(COc2cccc(C(=O)NCCC(=O)N3CCCC3)c2)c1. The van der Waals surface area contributed by atoms with Crippen molar-refractivity contribution in [2.75, 3.05) is 19.6 Å². The maximum atomic E-state index is 12.3. The van der Waals surface area contributed by atoms with Crippen molar-refractivity contribution in [3.8, 4) is 5.75 Å². The van der Waals surface area contributed by atoms with Crippen LogP contribution in [0.4, 0.5) is 0 Å². The monoisotopic (exact) mass is 366 g/mol. The molecule has 1 heterocycles. The molecule has 27 heavy (non-hydrogen) atoms. The van der Waals surface area contributed by atoms with Crippen LogP contribution < -0.4 is 10.1 Å². The number of benzene rings is 2. The number of rotatable bonds is 7. The smallest absolute Gasteiger partial charge is 0.251 e. The van der Waals surface area contributed by atoms with E-state index in [1.165, 1.54) is 5.56 Å². The Bertz CT molecular complexity index is 798. The Balaban J connectivity index is 1.48. The van der Waals surface area contributed by atoms with Gasteiger partial charge < -0.3 is 15.0 Å². The van der Waals surface area contributed by atoms with Crippen molar-refractivity contribution in [1.82, 2.24) is 10.2 Å². The Hall–Kier alpha value is -2.82. The second kappa shape index (κ2) is 9.21. The van der Waals surface area contributed by atoms with Gasteiger partial charge in [0, 0.05) is 31.6 Å². The summed E-state index contributed by atoms with van der Waals surface area (Å²) in [5.74, 6) is 0.575. The van der Waals surface area contributed by atoms with Crippen molar-refractivity contribution >= 4 is 11.8 Å². The first-order valence-electron chi connectivity index (χ1n) is 9.46. The van der Waals surface area contributed by atoms with Crippen molar-refractivity contribution in [1.29, 1.82) is 0 Å². The number of carbonyl (C=O) groups is 2. The summed E-state index contributed by atoms with van der Waals surface area (Å²) in [4.78, 5) is 26.2. The van der Waals surface area contributed by atoms with Gasteiger partial charge in [-0.25, -0.2) is 0 Å². The van der Waals surface area contributed by atoms with Crippen LogP contribution in [0.1, 0.15) is 40.7 Å². The lowest BCUT2D eigenvalue weighted by molar-refractivity contribution is -0.129.